The molecule has 3 rings (SSSR count). The SMILES string of the molecule is CSc1ccc2nc(-n3ccnc3)nc(N)c2c1.Cl.Cl. The Morgan fingerprint density at radius 1 is 1.20 bits per heavy atom. The summed E-state index contributed by atoms with van der Waals surface area (Å²) >= 11 is 1.67. The standard InChI is InChI=1S/C12H11N5S.2ClH/c1-18-8-2-3-10-9(6-8)11(13)16-12(15-10)17-5-4-14-7-17;;/h2-7H,1H3,(H2,13,15,16);2*1H. The molecule has 8 heteroatoms. The number of benzene rings is 1. The molecule has 0 saturated carbocycles. The summed E-state index contributed by atoms with van der Waals surface area (Å²) in [7, 11) is 0. The van der Waals surface area contributed by atoms with E-state index in [-0.39, 0.29) is 24.8 Å². The van der Waals surface area contributed by atoms with Gasteiger partial charge >= 0.3 is 0 Å². The molecule has 106 valence electrons. The smallest absolute Gasteiger partial charge is 0.237 e. The Morgan fingerprint density at radius 2 is 2.00 bits per heavy atom. The average molecular weight is 330 g/mol. The van der Waals surface area contributed by atoms with Crippen molar-refractivity contribution in [3.63, 3.8) is 0 Å². The van der Waals surface area contributed by atoms with Gasteiger partial charge < -0.3 is 5.73 Å². The quantitative estimate of drug-likeness (QED) is 0.732. The molecule has 2 N–H and O–H groups in total. The third kappa shape index (κ3) is 2.98. The van der Waals surface area contributed by atoms with E-state index in [0.717, 1.165) is 15.8 Å². The minimum absolute atomic E-state index is 0. The van der Waals surface area contributed by atoms with Gasteiger partial charge in [-0.2, -0.15) is 4.98 Å². The van der Waals surface area contributed by atoms with Gasteiger partial charge in [-0.1, -0.05) is 0 Å². The zero-order chi connectivity index (χ0) is 12.5. The molecular formula is C12H13Cl2N5S. The monoisotopic (exact) mass is 329 g/mol. The van der Waals surface area contributed by atoms with Gasteiger partial charge in [0.1, 0.15) is 12.1 Å². The maximum absolute atomic E-state index is 5.99. The number of nitrogens with zero attached hydrogens (tertiary/aromatic N) is 4. The van der Waals surface area contributed by atoms with Crippen LogP contribution in [0.15, 0.2) is 41.8 Å². The van der Waals surface area contributed by atoms with Gasteiger partial charge in [0.15, 0.2) is 0 Å². The van der Waals surface area contributed by atoms with Crippen molar-refractivity contribution in [1.29, 1.82) is 0 Å². The first-order valence-corrected chi connectivity index (χ1v) is 6.60. The minimum atomic E-state index is 0. The lowest BCUT2D eigenvalue weighted by molar-refractivity contribution is 0.944. The largest absolute Gasteiger partial charge is 0.383 e. The van der Waals surface area contributed by atoms with Crippen molar-refractivity contribution in [2.24, 2.45) is 0 Å². The molecule has 0 saturated heterocycles. The Labute approximate surface area is 132 Å². The van der Waals surface area contributed by atoms with Crippen LogP contribution in [-0.4, -0.2) is 25.8 Å². The molecule has 2 aromatic heterocycles. The number of halogens is 2. The molecule has 0 aliphatic heterocycles. The van der Waals surface area contributed by atoms with Crippen LogP contribution in [0, 0.1) is 0 Å². The first-order valence-electron chi connectivity index (χ1n) is 5.37. The van der Waals surface area contributed by atoms with Gasteiger partial charge in [0.05, 0.1) is 5.52 Å². The zero-order valence-corrected chi connectivity index (χ0v) is 13.0. The Balaban J connectivity index is 0.000001000. The van der Waals surface area contributed by atoms with E-state index < -0.39 is 0 Å². The fourth-order valence-corrected chi connectivity index (χ4v) is 2.18. The molecule has 0 aliphatic carbocycles. The Kier molecular flexibility index (Phi) is 5.62. The van der Waals surface area contributed by atoms with E-state index in [4.69, 9.17) is 5.73 Å². The second-order valence-electron chi connectivity index (χ2n) is 3.76. The van der Waals surface area contributed by atoms with E-state index in [1.807, 2.05) is 24.5 Å². The number of imidazole rings is 1. The lowest BCUT2D eigenvalue weighted by Gasteiger charge is -2.06. The third-order valence-electron chi connectivity index (χ3n) is 2.66. The van der Waals surface area contributed by atoms with E-state index in [0.29, 0.717) is 11.8 Å². The van der Waals surface area contributed by atoms with Gasteiger partial charge in [-0.05, 0) is 24.5 Å². The van der Waals surface area contributed by atoms with Crippen LogP contribution >= 0.6 is 36.6 Å². The second-order valence-corrected chi connectivity index (χ2v) is 4.64. The highest BCUT2D eigenvalue weighted by atomic mass is 35.5. The van der Waals surface area contributed by atoms with Crippen molar-refractivity contribution in [2.45, 2.75) is 4.90 Å². The predicted molar refractivity (Wildman–Crippen MR) is 87.3 cm³/mol. The number of hydrogen-bond donors (Lipinski definition) is 1. The number of aromatic nitrogens is 4. The van der Waals surface area contributed by atoms with Crippen LogP contribution in [0.3, 0.4) is 0 Å². The van der Waals surface area contributed by atoms with E-state index in [9.17, 15) is 0 Å². The molecular weight excluding hydrogens is 317 g/mol. The Morgan fingerprint density at radius 3 is 2.65 bits per heavy atom. The van der Waals surface area contributed by atoms with E-state index in [1.54, 1.807) is 35.0 Å². The summed E-state index contributed by atoms with van der Waals surface area (Å²) in [6, 6.07) is 5.99. The third-order valence-corrected chi connectivity index (χ3v) is 3.38. The number of fused-ring (bicyclic) bond motifs is 1. The second kappa shape index (κ2) is 6.78. The van der Waals surface area contributed by atoms with E-state index in [1.165, 1.54) is 0 Å². The van der Waals surface area contributed by atoms with E-state index >= 15 is 0 Å². The van der Waals surface area contributed by atoms with Crippen molar-refractivity contribution in [1.82, 2.24) is 19.5 Å². The van der Waals surface area contributed by atoms with Crippen LogP contribution in [0.2, 0.25) is 0 Å². The van der Waals surface area contributed by atoms with Crippen molar-refractivity contribution in [2.75, 3.05) is 12.0 Å². The van der Waals surface area contributed by atoms with Gasteiger partial charge in [0.2, 0.25) is 5.95 Å². The van der Waals surface area contributed by atoms with Crippen molar-refractivity contribution < 1.29 is 0 Å². The summed E-state index contributed by atoms with van der Waals surface area (Å²) in [6.07, 6.45) is 7.15. The van der Waals surface area contributed by atoms with E-state index in [2.05, 4.69) is 15.0 Å². The van der Waals surface area contributed by atoms with Gasteiger partial charge in [-0.25, -0.2) is 9.97 Å². The highest BCUT2D eigenvalue weighted by Crippen LogP contribution is 2.24. The number of rotatable bonds is 2. The van der Waals surface area contributed by atoms with Crippen LogP contribution < -0.4 is 5.73 Å². The summed E-state index contributed by atoms with van der Waals surface area (Å²) in [5.74, 6) is 1.02. The summed E-state index contributed by atoms with van der Waals surface area (Å²) in [4.78, 5) is 13.9. The minimum Gasteiger partial charge on any atom is -0.383 e. The summed E-state index contributed by atoms with van der Waals surface area (Å²) < 4.78 is 1.73. The molecule has 20 heavy (non-hydrogen) atoms. The highest BCUT2D eigenvalue weighted by Gasteiger charge is 2.07. The molecule has 0 radical (unpaired) electrons. The maximum Gasteiger partial charge on any atom is 0.237 e. The molecule has 0 atom stereocenters. The molecule has 2 heterocycles. The molecule has 0 spiro atoms. The summed E-state index contributed by atoms with van der Waals surface area (Å²) in [5.41, 5.74) is 6.83. The van der Waals surface area contributed by atoms with Gasteiger partial charge in [-0.3, -0.25) is 4.57 Å². The fourth-order valence-electron chi connectivity index (χ4n) is 1.74. The topological polar surface area (TPSA) is 69.6 Å². The summed E-state index contributed by atoms with van der Waals surface area (Å²) in [5, 5.41) is 0.880. The Bertz CT molecular complexity index is 702. The summed E-state index contributed by atoms with van der Waals surface area (Å²) in [6.45, 7) is 0. The van der Waals surface area contributed by atoms with Crippen LogP contribution in [0.4, 0.5) is 5.82 Å². The number of anilines is 1. The molecule has 3 aromatic rings. The number of nitrogen functional groups attached to an aromatic ring is 1. The van der Waals surface area contributed by atoms with Crippen LogP contribution in [-0.2, 0) is 0 Å². The number of hydrogen-bond acceptors (Lipinski definition) is 5. The molecule has 5 nitrogen and oxygen atoms in total. The van der Waals surface area contributed by atoms with Crippen LogP contribution in [0.5, 0.6) is 0 Å². The molecule has 0 fully saturated rings. The Hall–Kier alpha value is -1.50. The molecule has 0 unspecified atom stereocenters. The first-order chi connectivity index (χ1) is 8.78. The van der Waals surface area contributed by atoms with Crippen LogP contribution in [0.25, 0.3) is 16.9 Å². The molecule has 0 amide bonds. The first kappa shape index (κ1) is 16.6. The fraction of sp³-hybridized carbons (Fsp3) is 0.0833. The lowest BCUT2D eigenvalue weighted by atomic mass is 10.2. The number of thioether (sulfide) groups is 1. The van der Waals surface area contributed by atoms with Gasteiger partial charge in [-0.15, -0.1) is 36.6 Å². The van der Waals surface area contributed by atoms with Crippen molar-refractivity contribution in [3.8, 4) is 5.95 Å². The number of nitrogens with two attached hydrogens (primary N) is 1. The molecule has 1 aromatic carbocycles. The molecule has 0 bridgehead atoms. The maximum atomic E-state index is 5.99. The van der Waals surface area contributed by atoms with Crippen molar-refractivity contribution >= 4 is 53.3 Å². The van der Waals surface area contributed by atoms with Gasteiger partial charge in [0, 0.05) is 22.7 Å². The normalized spacial score (nSPS) is 9.85. The predicted octanol–water partition coefficient (Wildman–Crippen LogP) is 2.96. The van der Waals surface area contributed by atoms with Crippen LogP contribution in [0.1, 0.15) is 0 Å². The molecule has 0 aliphatic rings. The zero-order valence-electron chi connectivity index (χ0n) is 10.6. The van der Waals surface area contributed by atoms with Gasteiger partial charge in [0.25, 0.3) is 0 Å². The average Bonchev–Trinajstić information content (AvgIpc) is 2.92. The van der Waals surface area contributed by atoms with Crippen molar-refractivity contribution in [3.05, 3.63) is 36.9 Å². The lowest BCUT2D eigenvalue weighted by Crippen LogP contribution is -2.03. The highest BCUT2D eigenvalue weighted by molar-refractivity contribution is 7.98.